The molecule has 0 aliphatic carbocycles. The minimum Gasteiger partial charge on any atom is -0.360 e. The Kier molecular flexibility index (Phi) is 3.73. The van der Waals surface area contributed by atoms with E-state index in [1.165, 1.54) is 0 Å². The molecule has 20 heavy (non-hydrogen) atoms. The van der Waals surface area contributed by atoms with E-state index >= 15 is 0 Å². The molecule has 0 radical (unpaired) electrons. The van der Waals surface area contributed by atoms with Gasteiger partial charge in [0, 0.05) is 31.9 Å². The van der Waals surface area contributed by atoms with Crippen LogP contribution in [0.2, 0.25) is 5.15 Å². The van der Waals surface area contributed by atoms with E-state index in [9.17, 15) is 4.79 Å². The summed E-state index contributed by atoms with van der Waals surface area (Å²) in [7, 11) is 0. The Morgan fingerprint density at radius 3 is 3.20 bits per heavy atom. The average molecular weight is 295 g/mol. The molecule has 2 aromatic rings. The van der Waals surface area contributed by atoms with Crippen LogP contribution in [-0.4, -0.2) is 20.6 Å². The van der Waals surface area contributed by atoms with Crippen LogP contribution in [0.3, 0.4) is 0 Å². The zero-order valence-corrected chi connectivity index (χ0v) is 11.7. The first kappa shape index (κ1) is 13.2. The van der Waals surface area contributed by atoms with Gasteiger partial charge in [-0.15, -0.1) is 0 Å². The second-order valence-corrected chi connectivity index (χ2v) is 5.22. The third kappa shape index (κ3) is 2.85. The molecule has 0 unspecified atom stereocenters. The van der Waals surface area contributed by atoms with Crippen LogP contribution in [0.1, 0.15) is 30.8 Å². The zero-order valence-electron chi connectivity index (χ0n) is 10.9. The van der Waals surface area contributed by atoms with E-state index in [0.29, 0.717) is 23.8 Å². The van der Waals surface area contributed by atoms with Crippen molar-refractivity contribution in [1.82, 2.24) is 14.7 Å². The summed E-state index contributed by atoms with van der Waals surface area (Å²) in [6.45, 7) is 0.919. The Hall–Kier alpha value is -1.82. The summed E-state index contributed by atoms with van der Waals surface area (Å²) in [5.41, 5.74) is 0. The summed E-state index contributed by atoms with van der Waals surface area (Å²) < 4.78 is 7.04. The fourth-order valence-electron chi connectivity index (χ4n) is 2.36. The van der Waals surface area contributed by atoms with Gasteiger partial charge >= 0.3 is 0 Å². The molecule has 1 aliphatic heterocycles. The summed E-state index contributed by atoms with van der Waals surface area (Å²) in [4.78, 5) is 16.3. The molecule has 0 fully saturated rings. The SMILES string of the molecule is O=C(CCc1cc(Cl)no1)Nc1cnc2n1CCCC2. The Balaban J connectivity index is 1.57. The number of aromatic nitrogens is 3. The van der Waals surface area contributed by atoms with Crippen LogP contribution >= 0.6 is 11.6 Å². The first-order chi connectivity index (χ1) is 9.72. The van der Waals surface area contributed by atoms with E-state index in [0.717, 1.165) is 37.4 Å². The van der Waals surface area contributed by atoms with Crippen molar-refractivity contribution in [3.8, 4) is 0 Å². The number of hydrogen-bond donors (Lipinski definition) is 1. The molecule has 0 spiro atoms. The van der Waals surface area contributed by atoms with E-state index in [1.54, 1.807) is 12.3 Å². The first-order valence-electron chi connectivity index (χ1n) is 6.68. The first-order valence-corrected chi connectivity index (χ1v) is 7.05. The van der Waals surface area contributed by atoms with Gasteiger partial charge in [0.05, 0.1) is 6.20 Å². The average Bonchev–Trinajstić information content (AvgIpc) is 3.04. The number of halogens is 1. The predicted octanol–water partition coefficient (Wildman–Crippen LogP) is 2.43. The monoisotopic (exact) mass is 294 g/mol. The van der Waals surface area contributed by atoms with Crippen molar-refractivity contribution in [3.05, 3.63) is 29.0 Å². The number of imidazole rings is 1. The third-order valence-corrected chi connectivity index (χ3v) is 3.54. The van der Waals surface area contributed by atoms with Crippen molar-refractivity contribution in [2.75, 3.05) is 5.32 Å². The molecule has 1 aliphatic rings. The van der Waals surface area contributed by atoms with Gasteiger partial charge in [-0.05, 0) is 12.8 Å². The van der Waals surface area contributed by atoms with Crippen molar-refractivity contribution >= 4 is 23.3 Å². The number of carbonyl (C=O) groups excluding carboxylic acids is 1. The Morgan fingerprint density at radius 1 is 1.50 bits per heavy atom. The summed E-state index contributed by atoms with van der Waals surface area (Å²) in [5.74, 6) is 2.38. The van der Waals surface area contributed by atoms with Crippen molar-refractivity contribution in [3.63, 3.8) is 0 Å². The lowest BCUT2D eigenvalue weighted by Gasteiger charge is -2.16. The van der Waals surface area contributed by atoms with Crippen LogP contribution < -0.4 is 5.32 Å². The van der Waals surface area contributed by atoms with Gasteiger partial charge in [0.2, 0.25) is 5.91 Å². The normalized spacial score (nSPS) is 14.1. The Labute approximate surface area is 121 Å². The number of hydrogen-bond acceptors (Lipinski definition) is 4. The number of carbonyl (C=O) groups is 1. The van der Waals surface area contributed by atoms with Gasteiger partial charge in [-0.25, -0.2) is 4.98 Å². The number of amides is 1. The second kappa shape index (κ2) is 5.66. The lowest BCUT2D eigenvalue weighted by molar-refractivity contribution is -0.116. The summed E-state index contributed by atoms with van der Waals surface area (Å²) in [6, 6.07) is 1.62. The number of nitrogens with zero attached hydrogens (tertiary/aromatic N) is 3. The van der Waals surface area contributed by atoms with E-state index in [-0.39, 0.29) is 5.91 Å². The second-order valence-electron chi connectivity index (χ2n) is 4.83. The van der Waals surface area contributed by atoms with Crippen LogP contribution in [-0.2, 0) is 24.2 Å². The minimum atomic E-state index is -0.0641. The molecule has 0 atom stereocenters. The summed E-state index contributed by atoms with van der Waals surface area (Å²) in [6.07, 6.45) is 5.80. The number of nitrogens with one attached hydrogen (secondary N) is 1. The van der Waals surface area contributed by atoms with Crippen LogP contribution in [0.5, 0.6) is 0 Å². The molecular weight excluding hydrogens is 280 g/mol. The van der Waals surface area contributed by atoms with Crippen LogP contribution in [0, 0.1) is 0 Å². The lowest BCUT2D eigenvalue weighted by Crippen LogP contribution is -2.18. The smallest absolute Gasteiger partial charge is 0.225 e. The molecule has 0 saturated carbocycles. The standard InChI is InChI=1S/C13H15ClN4O2/c14-10-7-9(20-17-10)4-5-13(19)16-12-8-15-11-3-1-2-6-18(11)12/h7-8H,1-6H2,(H,16,19). The number of aryl methyl sites for hydroxylation is 2. The third-order valence-electron chi connectivity index (χ3n) is 3.37. The highest BCUT2D eigenvalue weighted by Crippen LogP contribution is 2.19. The molecule has 0 saturated heterocycles. The van der Waals surface area contributed by atoms with Gasteiger partial charge in [0.15, 0.2) is 5.15 Å². The van der Waals surface area contributed by atoms with Crippen molar-refractivity contribution in [1.29, 1.82) is 0 Å². The molecule has 1 amide bonds. The maximum Gasteiger partial charge on any atom is 0.225 e. The van der Waals surface area contributed by atoms with E-state index in [1.807, 2.05) is 0 Å². The fraction of sp³-hybridized carbons (Fsp3) is 0.462. The van der Waals surface area contributed by atoms with Crippen molar-refractivity contribution in [2.24, 2.45) is 0 Å². The minimum absolute atomic E-state index is 0.0641. The van der Waals surface area contributed by atoms with Crippen molar-refractivity contribution in [2.45, 2.75) is 38.6 Å². The molecule has 7 heteroatoms. The molecule has 3 heterocycles. The highest BCUT2D eigenvalue weighted by molar-refractivity contribution is 6.29. The summed E-state index contributed by atoms with van der Waals surface area (Å²) in [5, 5.41) is 6.78. The Morgan fingerprint density at radius 2 is 2.40 bits per heavy atom. The van der Waals surface area contributed by atoms with Gasteiger partial charge in [-0.1, -0.05) is 16.8 Å². The molecule has 0 bridgehead atoms. The van der Waals surface area contributed by atoms with Gasteiger partial charge in [0.1, 0.15) is 17.4 Å². The zero-order chi connectivity index (χ0) is 13.9. The van der Waals surface area contributed by atoms with E-state index in [4.69, 9.17) is 16.1 Å². The fourth-order valence-corrected chi connectivity index (χ4v) is 2.52. The van der Waals surface area contributed by atoms with Crippen LogP contribution in [0.25, 0.3) is 0 Å². The van der Waals surface area contributed by atoms with Gasteiger partial charge < -0.3 is 14.4 Å². The maximum atomic E-state index is 11.9. The number of anilines is 1. The number of fused-ring (bicyclic) bond motifs is 1. The van der Waals surface area contributed by atoms with Gasteiger partial charge in [0.25, 0.3) is 0 Å². The van der Waals surface area contributed by atoms with Crippen LogP contribution in [0.4, 0.5) is 5.82 Å². The largest absolute Gasteiger partial charge is 0.360 e. The maximum absolute atomic E-state index is 11.9. The van der Waals surface area contributed by atoms with E-state index in [2.05, 4.69) is 20.0 Å². The highest BCUT2D eigenvalue weighted by atomic mass is 35.5. The topological polar surface area (TPSA) is 73.0 Å². The number of rotatable bonds is 4. The predicted molar refractivity (Wildman–Crippen MR) is 73.6 cm³/mol. The molecule has 2 aromatic heterocycles. The van der Waals surface area contributed by atoms with E-state index < -0.39 is 0 Å². The van der Waals surface area contributed by atoms with Gasteiger partial charge in [-0.2, -0.15) is 0 Å². The van der Waals surface area contributed by atoms with Crippen LogP contribution in [0.15, 0.2) is 16.8 Å². The van der Waals surface area contributed by atoms with Gasteiger partial charge in [-0.3, -0.25) is 4.79 Å². The molecule has 0 aromatic carbocycles. The quantitative estimate of drug-likeness (QED) is 0.940. The highest BCUT2D eigenvalue weighted by Gasteiger charge is 2.15. The summed E-state index contributed by atoms with van der Waals surface area (Å²) >= 11 is 5.65. The molecule has 1 N–H and O–H groups in total. The molecular formula is C13H15ClN4O2. The molecule has 6 nitrogen and oxygen atoms in total. The molecule has 3 rings (SSSR count). The van der Waals surface area contributed by atoms with Crippen molar-refractivity contribution < 1.29 is 9.32 Å². The molecule has 106 valence electrons. The Bertz CT molecular complexity index is 620. The lowest BCUT2D eigenvalue weighted by atomic mass is 10.2.